The van der Waals surface area contributed by atoms with Gasteiger partial charge in [0.1, 0.15) is 54.5 Å². The van der Waals surface area contributed by atoms with Gasteiger partial charge in [0, 0.05) is 17.2 Å². The predicted octanol–water partition coefficient (Wildman–Crippen LogP) is -1.05. The van der Waals surface area contributed by atoms with E-state index in [1.54, 1.807) is 45.8 Å². The molecule has 40 heavy (non-hydrogen) atoms. The highest BCUT2D eigenvalue weighted by molar-refractivity contribution is 8.00. The molecule has 17 heteroatoms. The van der Waals surface area contributed by atoms with Crippen molar-refractivity contribution in [1.82, 2.24) is 24.6 Å². The average Bonchev–Trinajstić information content (AvgIpc) is 3.51. The summed E-state index contributed by atoms with van der Waals surface area (Å²) in [6.45, 7) is -0.0863. The number of carboxylic acid groups (broad SMARTS) is 1. The number of carboxylic acids is 1. The van der Waals surface area contributed by atoms with Crippen LogP contribution in [0.4, 0.5) is 5.13 Å². The number of carbonyl (C=O) groups excluding carboxylic acids is 3. The first kappa shape index (κ1) is 26.8. The van der Waals surface area contributed by atoms with Gasteiger partial charge in [-0.1, -0.05) is 16.2 Å². The van der Waals surface area contributed by atoms with Crippen LogP contribution in [0.25, 0.3) is 11.9 Å². The molecule has 0 aromatic carbocycles. The lowest BCUT2D eigenvalue weighted by Crippen LogP contribution is -2.71. The summed E-state index contributed by atoms with van der Waals surface area (Å²) in [6.07, 6.45) is 8.25. The Bertz CT molecular complexity index is 1640. The van der Waals surface area contributed by atoms with Crippen LogP contribution in [0.1, 0.15) is 11.4 Å². The van der Waals surface area contributed by atoms with E-state index in [2.05, 4.69) is 20.4 Å². The van der Waals surface area contributed by atoms with E-state index in [1.807, 2.05) is 0 Å². The van der Waals surface area contributed by atoms with Gasteiger partial charge in [0.05, 0.1) is 6.20 Å². The molecule has 2 atom stereocenters. The van der Waals surface area contributed by atoms with Crippen molar-refractivity contribution in [3.8, 4) is 0 Å². The predicted molar refractivity (Wildman–Crippen MR) is 143 cm³/mol. The summed E-state index contributed by atoms with van der Waals surface area (Å²) >= 11 is 2.41. The van der Waals surface area contributed by atoms with E-state index in [-0.39, 0.29) is 34.5 Å². The number of rotatable bonds is 9. The molecular formula is C23H22N9O6S2+. The zero-order valence-electron chi connectivity index (χ0n) is 20.8. The largest absolute Gasteiger partial charge is 0.477 e. The molecule has 6 N–H and O–H groups in total. The van der Waals surface area contributed by atoms with E-state index in [4.69, 9.17) is 16.3 Å². The number of fused-ring (bicyclic) bond motifs is 2. The van der Waals surface area contributed by atoms with E-state index in [9.17, 15) is 24.3 Å². The quantitative estimate of drug-likeness (QED) is 0.104. The second kappa shape index (κ2) is 10.8. The normalized spacial score (nSPS) is 19.1. The Morgan fingerprint density at radius 2 is 2.17 bits per heavy atom. The molecule has 5 heterocycles. The second-order valence-electron chi connectivity index (χ2n) is 8.50. The molecule has 206 valence electrons. The Morgan fingerprint density at radius 1 is 1.38 bits per heavy atom. The second-order valence-corrected chi connectivity index (χ2v) is 10.5. The number of carbonyl (C=O) groups is 4. The van der Waals surface area contributed by atoms with Crippen molar-refractivity contribution in [1.29, 1.82) is 0 Å². The maximum absolute atomic E-state index is 13.1. The van der Waals surface area contributed by atoms with Gasteiger partial charge >= 0.3 is 11.7 Å². The summed E-state index contributed by atoms with van der Waals surface area (Å²) in [5.41, 5.74) is 11.8. The molecule has 0 radical (unpaired) electrons. The summed E-state index contributed by atoms with van der Waals surface area (Å²) in [7, 11) is 1.26. The van der Waals surface area contributed by atoms with Crippen LogP contribution >= 0.6 is 23.1 Å². The van der Waals surface area contributed by atoms with Crippen molar-refractivity contribution in [2.75, 3.05) is 18.6 Å². The van der Waals surface area contributed by atoms with Crippen LogP contribution in [-0.2, 0) is 30.6 Å². The number of aromatic nitrogens is 4. The molecule has 0 unspecified atom stereocenters. The van der Waals surface area contributed by atoms with Gasteiger partial charge in [0.25, 0.3) is 17.7 Å². The minimum Gasteiger partial charge on any atom is -0.477 e. The van der Waals surface area contributed by atoms with Crippen LogP contribution in [0, 0.1) is 0 Å². The number of nitrogens with zero attached hydrogens (tertiary/aromatic N) is 6. The van der Waals surface area contributed by atoms with Gasteiger partial charge in [-0.2, -0.15) is 4.40 Å². The number of nitrogens with one attached hydrogen (secondary N) is 1. The number of oxime groups is 1. The zero-order chi connectivity index (χ0) is 28.6. The Morgan fingerprint density at radius 3 is 2.85 bits per heavy atom. The van der Waals surface area contributed by atoms with E-state index in [1.165, 1.54) is 24.3 Å². The number of amides is 3. The first-order valence-electron chi connectivity index (χ1n) is 11.6. The Labute approximate surface area is 233 Å². The van der Waals surface area contributed by atoms with Gasteiger partial charge in [-0.15, -0.1) is 23.1 Å². The van der Waals surface area contributed by atoms with Crippen LogP contribution in [0.3, 0.4) is 0 Å². The maximum Gasteiger partial charge on any atom is 0.404 e. The molecule has 0 spiro atoms. The van der Waals surface area contributed by atoms with E-state index >= 15 is 0 Å². The Balaban J connectivity index is 1.39. The lowest BCUT2D eigenvalue weighted by atomic mass is 10.0. The SMILES string of the molecule is CO/N=C(\C(=O)N[C@@H]1C(=O)N2C(C(=O)O)=C(/C=C/c3c[n+](CC(N)=O)c4ncccn34)CS[C@H]12)c1csc(N)n1. The summed E-state index contributed by atoms with van der Waals surface area (Å²) < 4.78 is 3.29. The van der Waals surface area contributed by atoms with Crippen LogP contribution in [0.5, 0.6) is 0 Å². The highest BCUT2D eigenvalue weighted by Gasteiger charge is 2.54. The Kier molecular flexibility index (Phi) is 7.22. The van der Waals surface area contributed by atoms with Gasteiger partial charge in [-0.05, 0) is 11.6 Å². The van der Waals surface area contributed by atoms with Crippen LogP contribution < -0.4 is 21.4 Å². The number of primary amides is 1. The smallest absolute Gasteiger partial charge is 0.404 e. The molecule has 3 amide bonds. The Hall–Kier alpha value is -4.77. The first-order valence-corrected chi connectivity index (χ1v) is 13.5. The standard InChI is InChI=1S/C23H21N9O6S2/c1-38-29-15(13-10-40-22(25)27-13)18(34)28-16-19(35)32-17(21(36)37)11(9-39-20(16)32)3-4-12-7-30(8-14(24)33)23-26-5-2-6-31(12)23/h2-7,10,16,20H,8-9H2,1H3,(H5-,24,25,27,28,33,34,36,37)/p+1/b4-3+,29-15-/t16-,20-/m1/s1. The van der Waals surface area contributed by atoms with Crippen molar-refractivity contribution in [3.63, 3.8) is 0 Å². The van der Waals surface area contributed by atoms with Crippen LogP contribution in [0.2, 0.25) is 0 Å². The molecule has 2 aliphatic rings. The molecule has 3 aromatic heterocycles. The fourth-order valence-electron chi connectivity index (χ4n) is 4.32. The molecule has 0 saturated carbocycles. The van der Waals surface area contributed by atoms with Gasteiger partial charge in [-0.25, -0.2) is 14.3 Å². The molecular weight excluding hydrogens is 562 g/mol. The van der Waals surface area contributed by atoms with Crippen LogP contribution in [-0.4, -0.2) is 78.1 Å². The summed E-state index contributed by atoms with van der Waals surface area (Å²) in [5, 5.41) is 17.4. The fourth-order valence-corrected chi connectivity index (χ4v) is 6.19. The maximum atomic E-state index is 13.1. The fraction of sp³-hybridized carbons (Fsp3) is 0.217. The number of aliphatic carboxylic acids is 1. The molecule has 0 bridgehead atoms. The van der Waals surface area contributed by atoms with E-state index in [0.29, 0.717) is 17.0 Å². The zero-order valence-corrected chi connectivity index (χ0v) is 22.4. The monoisotopic (exact) mass is 584 g/mol. The number of imidazole rings is 1. The number of thiazole rings is 1. The summed E-state index contributed by atoms with van der Waals surface area (Å²) in [5.74, 6) is -2.40. The van der Waals surface area contributed by atoms with E-state index in [0.717, 1.165) is 16.2 Å². The molecule has 1 fully saturated rings. The van der Waals surface area contributed by atoms with Crippen LogP contribution in [0.15, 0.2) is 52.5 Å². The number of hydrogen-bond donors (Lipinski definition) is 4. The summed E-state index contributed by atoms with van der Waals surface area (Å²) in [6, 6.07) is 0.727. The number of hydrogen-bond acceptors (Lipinski definition) is 11. The minimum absolute atomic E-state index is 0.0863. The molecule has 0 aliphatic carbocycles. The van der Waals surface area contributed by atoms with Crippen molar-refractivity contribution in [2.45, 2.75) is 18.0 Å². The third-order valence-electron chi connectivity index (χ3n) is 5.98. The van der Waals surface area contributed by atoms with Crippen molar-refractivity contribution in [2.24, 2.45) is 10.9 Å². The molecule has 15 nitrogen and oxygen atoms in total. The third-order valence-corrected chi connectivity index (χ3v) is 7.96. The first-order chi connectivity index (χ1) is 19.2. The number of allylic oxidation sites excluding steroid dienone is 1. The lowest BCUT2D eigenvalue weighted by molar-refractivity contribution is -0.659. The molecule has 1 saturated heterocycles. The highest BCUT2D eigenvalue weighted by atomic mass is 32.2. The van der Waals surface area contributed by atoms with Gasteiger partial charge in [0.15, 0.2) is 10.8 Å². The third kappa shape index (κ3) is 4.87. The lowest BCUT2D eigenvalue weighted by Gasteiger charge is -2.49. The van der Waals surface area contributed by atoms with Gasteiger partial charge < -0.3 is 26.7 Å². The molecule has 3 aromatic rings. The molecule has 5 rings (SSSR count). The highest BCUT2D eigenvalue weighted by Crippen LogP contribution is 2.40. The number of β-lactam (4-membered cyclic amide) rings is 1. The van der Waals surface area contributed by atoms with E-state index < -0.39 is 35.1 Å². The average molecular weight is 585 g/mol. The topological polar surface area (TPSA) is 211 Å². The summed E-state index contributed by atoms with van der Waals surface area (Å²) in [4.78, 5) is 63.9. The van der Waals surface area contributed by atoms with Gasteiger partial charge in [0.2, 0.25) is 0 Å². The van der Waals surface area contributed by atoms with Gasteiger partial charge in [-0.3, -0.25) is 19.3 Å². The number of nitrogens with two attached hydrogens (primary N) is 2. The molecule has 2 aliphatic heterocycles. The van der Waals surface area contributed by atoms with Crippen molar-refractivity contribution < 1.29 is 33.7 Å². The minimum atomic E-state index is -1.28. The number of thioether (sulfide) groups is 1. The number of nitrogen functional groups attached to an aromatic ring is 1. The van der Waals surface area contributed by atoms with Crippen molar-refractivity contribution in [3.05, 3.63) is 58.8 Å². The number of anilines is 1. The van der Waals surface area contributed by atoms with Crippen molar-refractivity contribution >= 4 is 69.5 Å².